The van der Waals surface area contributed by atoms with Crippen LogP contribution in [-0.2, 0) is 15.4 Å². The Hall–Kier alpha value is -2.11. The minimum absolute atomic E-state index is 0.208. The van der Waals surface area contributed by atoms with Gasteiger partial charge in [0.25, 0.3) is 0 Å². The second-order valence-electron chi connectivity index (χ2n) is 6.87. The highest BCUT2D eigenvalue weighted by Crippen LogP contribution is 2.23. The third-order valence-corrected chi connectivity index (χ3v) is 5.60. The second kappa shape index (κ2) is 7.42. The molecule has 0 aromatic heterocycles. The van der Waals surface area contributed by atoms with Crippen molar-refractivity contribution in [2.75, 3.05) is 24.7 Å². The predicted octanol–water partition coefficient (Wildman–Crippen LogP) is 2.03. The molecule has 7 nitrogen and oxygen atoms in total. The van der Waals surface area contributed by atoms with Gasteiger partial charge < -0.3 is 10.6 Å². The van der Waals surface area contributed by atoms with Crippen LogP contribution in [0.1, 0.15) is 32.3 Å². The van der Waals surface area contributed by atoms with Gasteiger partial charge in [0.15, 0.2) is 0 Å². The monoisotopic (exact) mass is 364 g/mol. The topological polar surface area (TPSA) is 102 Å². The van der Waals surface area contributed by atoms with Crippen LogP contribution in [0.3, 0.4) is 0 Å². The summed E-state index contributed by atoms with van der Waals surface area (Å²) in [5.74, 6) is 0. The van der Waals surface area contributed by atoms with E-state index in [2.05, 4.69) is 16.7 Å². The van der Waals surface area contributed by atoms with E-state index in [0.29, 0.717) is 18.8 Å². The Morgan fingerprint density at radius 2 is 1.96 bits per heavy atom. The SMILES string of the molecule is CC(C)(C#N)c1ccc(NC(=O)NC2CCCN(S(C)(=O)=O)C2)cc1. The molecule has 1 aliphatic rings. The number of hydrogen-bond acceptors (Lipinski definition) is 4. The quantitative estimate of drug-likeness (QED) is 0.853. The zero-order valence-electron chi connectivity index (χ0n) is 14.7. The second-order valence-corrected chi connectivity index (χ2v) is 8.86. The first-order chi connectivity index (χ1) is 11.6. The zero-order chi connectivity index (χ0) is 18.7. The van der Waals surface area contributed by atoms with Crippen LogP contribution >= 0.6 is 0 Å². The maximum Gasteiger partial charge on any atom is 0.319 e. The average Bonchev–Trinajstić information content (AvgIpc) is 2.54. The lowest BCUT2D eigenvalue weighted by Gasteiger charge is -2.31. The van der Waals surface area contributed by atoms with Gasteiger partial charge in [0.1, 0.15) is 0 Å². The number of benzene rings is 1. The summed E-state index contributed by atoms with van der Waals surface area (Å²) in [6, 6.07) is 8.77. The van der Waals surface area contributed by atoms with Crippen molar-refractivity contribution < 1.29 is 13.2 Å². The highest BCUT2D eigenvalue weighted by Gasteiger charge is 2.26. The summed E-state index contributed by atoms with van der Waals surface area (Å²) in [5, 5.41) is 14.7. The van der Waals surface area contributed by atoms with E-state index in [0.717, 1.165) is 18.4 Å². The zero-order valence-corrected chi connectivity index (χ0v) is 15.6. The Morgan fingerprint density at radius 1 is 1.32 bits per heavy atom. The van der Waals surface area contributed by atoms with Gasteiger partial charge in [0.2, 0.25) is 10.0 Å². The molecule has 0 spiro atoms. The summed E-state index contributed by atoms with van der Waals surface area (Å²) >= 11 is 0. The molecule has 136 valence electrons. The first-order valence-electron chi connectivity index (χ1n) is 8.16. The van der Waals surface area contributed by atoms with E-state index in [9.17, 15) is 13.2 Å². The van der Waals surface area contributed by atoms with Gasteiger partial charge in [-0.05, 0) is 44.4 Å². The van der Waals surface area contributed by atoms with Gasteiger partial charge in [0.05, 0.1) is 17.7 Å². The molecule has 25 heavy (non-hydrogen) atoms. The average molecular weight is 364 g/mol. The molecule has 1 unspecified atom stereocenters. The molecule has 0 bridgehead atoms. The molecule has 2 rings (SSSR count). The number of hydrogen-bond donors (Lipinski definition) is 2. The van der Waals surface area contributed by atoms with E-state index in [1.807, 2.05) is 26.0 Å². The van der Waals surface area contributed by atoms with Crippen LogP contribution in [0.15, 0.2) is 24.3 Å². The van der Waals surface area contributed by atoms with E-state index in [-0.39, 0.29) is 12.1 Å². The molecule has 1 atom stereocenters. The van der Waals surface area contributed by atoms with E-state index in [1.165, 1.54) is 10.6 Å². The molecule has 1 aromatic rings. The maximum absolute atomic E-state index is 12.1. The Morgan fingerprint density at radius 3 is 2.52 bits per heavy atom. The van der Waals surface area contributed by atoms with Crippen molar-refractivity contribution in [1.82, 2.24) is 9.62 Å². The summed E-state index contributed by atoms with van der Waals surface area (Å²) in [7, 11) is -3.24. The molecule has 0 saturated carbocycles. The van der Waals surface area contributed by atoms with Crippen LogP contribution in [0.25, 0.3) is 0 Å². The third kappa shape index (κ3) is 5.18. The standard InChI is InChI=1S/C17H24N4O3S/c1-17(2,12-18)13-6-8-14(9-7-13)19-16(22)20-15-5-4-10-21(11-15)25(3,23)24/h6-9,15H,4-5,10-11H2,1-3H3,(H2,19,20,22). The summed E-state index contributed by atoms with van der Waals surface area (Å²) in [4.78, 5) is 12.1. The number of rotatable bonds is 4. The van der Waals surface area contributed by atoms with Gasteiger partial charge >= 0.3 is 6.03 Å². The van der Waals surface area contributed by atoms with Crippen molar-refractivity contribution in [2.24, 2.45) is 0 Å². The van der Waals surface area contributed by atoms with Crippen LogP contribution in [-0.4, -0.2) is 44.1 Å². The van der Waals surface area contributed by atoms with Gasteiger partial charge in [0, 0.05) is 24.8 Å². The minimum Gasteiger partial charge on any atom is -0.334 e. The number of anilines is 1. The number of nitriles is 1. The lowest BCUT2D eigenvalue weighted by molar-refractivity contribution is 0.236. The highest BCUT2D eigenvalue weighted by atomic mass is 32.2. The molecule has 0 radical (unpaired) electrons. The lowest BCUT2D eigenvalue weighted by Crippen LogP contribution is -2.50. The summed E-state index contributed by atoms with van der Waals surface area (Å²) in [6.07, 6.45) is 2.64. The molecule has 2 amide bonds. The van der Waals surface area contributed by atoms with E-state index < -0.39 is 15.4 Å². The van der Waals surface area contributed by atoms with Gasteiger partial charge in [-0.3, -0.25) is 0 Å². The Bertz CT molecular complexity index is 766. The van der Waals surface area contributed by atoms with Crippen LogP contribution in [0, 0.1) is 11.3 Å². The van der Waals surface area contributed by atoms with Crippen molar-refractivity contribution in [1.29, 1.82) is 5.26 Å². The Balaban J connectivity index is 1.93. The molecule has 1 aromatic carbocycles. The molecule has 1 aliphatic heterocycles. The Kier molecular flexibility index (Phi) is 5.70. The van der Waals surface area contributed by atoms with E-state index in [4.69, 9.17) is 5.26 Å². The fraction of sp³-hybridized carbons (Fsp3) is 0.529. The van der Waals surface area contributed by atoms with Gasteiger partial charge in [-0.2, -0.15) is 5.26 Å². The molecule has 1 fully saturated rings. The molecular formula is C17H24N4O3S. The molecule has 8 heteroatoms. The number of carbonyl (C=O) groups excluding carboxylic acids is 1. The van der Waals surface area contributed by atoms with Gasteiger partial charge in [-0.15, -0.1) is 0 Å². The number of nitrogens with one attached hydrogen (secondary N) is 2. The lowest BCUT2D eigenvalue weighted by atomic mass is 9.86. The van der Waals surface area contributed by atoms with Crippen LogP contribution < -0.4 is 10.6 Å². The van der Waals surface area contributed by atoms with Crippen LogP contribution in [0.4, 0.5) is 10.5 Å². The fourth-order valence-corrected chi connectivity index (χ4v) is 3.66. The first-order valence-corrected chi connectivity index (χ1v) is 10.0. The Labute approximate surface area is 149 Å². The molecular weight excluding hydrogens is 340 g/mol. The number of carbonyl (C=O) groups is 1. The normalized spacial score (nSPS) is 19.0. The fourth-order valence-electron chi connectivity index (χ4n) is 2.75. The number of urea groups is 1. The molecule has 1 heterocycles. The first kappa shape index (κ1) is 19.2. The van der Waals surface area contributed by atoms with Crippen molar-refractivity contribution in [3.63, 3.8) is 0 Å². The number of nitrogens with zero attached hydrogens (tertiary/aromatic N) is 2. The minimum atomic E-state index is -3.24. The van der Waals surface area contributed by atoms with Crippen molar-refractivity contribution in [3.8, 4) is 6.07 Å². The van der Waals surface area contributed by atoms with Crippen molar-refractivity contribution >= 4 is 21.7 Å². The summed E-state index contributed by atoms with van der Waals surface area (Å²) in [6.45, 7) is 4.45. The summed E-state index contributed by atoms with van der Waals surface area (Å²) < 4.78 is 24.6. The van der Waals surface area contributed by atoms with Crippen molar-refractivity contribution in [2.45, 2.75) is 38.1 Å². The maximum atomic E-state index is 12.1. The largest absolute Gasteiger partial charge is 0.334 e. The smallest absolute Gasteiger partial charge is 0.319 e. The van der Waals surface area contributed by atoms with Crippen LogP contribution in [0.5, 0.6) is 0 Å². The number of amides is 2. The number of sulfonamides is 1. The summed E-state index contributed by atoms with van der Waals surface area (Å²) in [5.41, 5.74) is 0.903. The van der Waals surface area contributed by atoms with E-state index in [1.54, 1.807) is 12.1 Å². The third-order valence-electron chi connectivity index (χ3n) is 4.33. The van der Waals surface area contributed by atoms with Gasteiger partial charge in [-0.25, -0.2) is 17.5 Å². The van der Waals surface area contributed by atoms with Crippen LogP contribution in [0.2, 0.25) is 0 Å². The molecule has 0 aliphatic carbocycles. The molecule has 1 saturated heterocycles. The van der Waals surface area contributed by atoms with Crippen molar-refractivity contribution in [3.05, 3.63) is 29.8 Å². The predicted molar refractivity (Wildman–Crippen MR) is 96.7 cm³/mol. The highest BCUT2D eigenvalue weighted by molar-refractivity contribution is 7.88. The molecule has 2 N–H and O–H groups in total. The number of piperidine rings is 1. The van der Waals surface area contributed by atoms with Gasteiger partial charge in [-0.1, -0.05) is 12.1 Å². The van der Waals surface area contributed by atoms with E-state index >= 15 is 0 Å².